The highest BCUT2D eigenvalue weighted by atomic mass is 16.7. The number of ether oxygens (including phenoxy) is 7. The summed E-state index contributed by atoms with van der Waals surface area (Å²) in [7, 11) is 0. The van der Waals surface area contributed by atoms with E-state index in [1.807, 2.05) is 84.9 Å². The zero-order chi connectivity index (χ0) is 44.9. The second kappa shape index (κ2) is 18.5. The highest BCUT2D eigenvalue weighted by Gasteiger charge is 2.56. The molecule has 0 unspecified atom stereocenters. The Kier molecular flexibility index (Phi) is 14.1. The van der Waals surface area contributed by atoms with Crippen LogP contribution in [-0.4, -0.2) is 71.4 Å². The first-order chi connectivity index (χ1) is 28.4. The van der Waals surface area contributed by atoms with E-state index in [4.69, 9.17) is 33.2 Å². The van der Waals surface area contributed by atoms with Gasteiger partial charge in [-0.2, -0.15) is 0 Å². The van der Waals surface area contributed by atoms with E-state index in [0.717, 1.165) is 22.4 Å². The molecule has 1 aliphatic rings. The van der Waals surface area contributed by atoms with E-state index < -0.39 is 82.8 Å². The van der Waals surface area contributed by atoms with Crippen LogP contribution in [0.15, 0.2) is 72.8 Å². The fraction of sp³-hybridized carbons (Fsp3) is 0.479. The Hall–Kier alpha value is -5.69. The van der Waals surface area contributed by atoms with Crippen molar-refractivity contribution in [1.29, 1.82) is 0 Å². The van der Waals surface area contributed by atoms with Crippen LogP contribution in [0.4, 0.5) is 0 Å². The summed E-state index contributed by atoms with van der Waals surface area (Å²) in [6, 6.07) is 23.2. The number of carbonyl (C=O) groups is 4. The first-order valence-corrected chi connectivity index (χ1v) is 20.5. The zero-order valence-electron chi connectivity index (χ0n) is 37.3. The maximum atomic E-state index is 13.7. The lowest BCUT2D eigenvalue weighted by atomic mass is 9.93. The molecule has 4 aromatic rings. The third kappa shape index (κ3) is 12.2. The van der Waals surface area contributed by atoms with Crippen LogP contribution in [0.1, 0.15) is 99.8 Å². The van der Waals surface area contributed by atoms with Gasteiger partial charge < -0.3 is 33.2 Å². The largest absolute Gasteiger partial charge is 0.489 e. The average Bonchev–Trinajstić information content (AvgIpc) is 3.59. The van der Waals surface area contributed by atoms with Gasteiger partial charge in [-0.05, 0) is 118 Å². The number of fused-ring (bicyclic) bond motifs is 1. The van der Waals surface area contributed by atoms with E-state index in [1.54, 1.807) is 83.1 Å². The second-order valence-electron chi connectivity index (χ2n) is 19.3. The molecule has 1 aliphatic heterocycles. The highest BCUT2D eigenvalue weighted by Crippen LogP contribution is 2.37. The number of benzene rings is 3. The van der Waals surface area contributed by atoms with Gasteiger partial charge in [-0.25, -0.2) is 0 Å². The van der Waals surface area contributed by atoms with Crippen molar-refractivity contribution >= 4 is 46.9 Å². The first-order valence-electron chi connectivity index (χ1n) is 20.5. The number of nitrogens with zero attached hydrogens (tertiary/aromatic N) is 1. The van der Waals surface area contributed by atoms with E-state index in [1.165, 1.54) is 0 Å². The summed E-state index contributed by atoms with van der Waals surface area (Å²) < 4.78 is 43.2. The lowest BCUT2D eigenvalue weighted by Gasteiger charge is -2.45. The van der Waals surface area contributed by atoms with Gasteiger partial charge in [0.1, 0.15) is 25.1 Å². The van der Waals surface area contributed by atoms with Gasteiger partial charge in [0.05, 0.1) is 32.6 Å². The topological polar surface area (TPSA) is 162 Å². The van der Waals surface area contributed by atoms with Crippen LogP contribution < -0.4 is 9.47 Å². The van der Waals surface area contributed by atoms with Gasteiger partial charge >= 0.3 is 23.9 Å². The Morgan fingerprint density at radius 2 is 1.20 bits per heavy atom. The molecule has 3 aromatic carbocycles. The number of esters is 4. The smallest absolute Gasteiger partial charge is 0.311 e. The summed E-state index contributed by atoms with van der Waals surface area (Å²) in [5.41, 5.74) is -0.616. The molecule has 0 saturated carbocycles. The number of aromatic amines is 1. The summed E-state index contributed by atoms with van der Waals surface area (Å²) in [6.45, 7) is 20.1. The van der Waals surface area contributed by atoms with Gasteiger partial charge in [-0.15, -0.1) is 5.10 Å². The van der Waals surface area contributed by atoms with Crippen molar-refractivity contribution in [2.75, 3.05) is 6.61 Å². The number of aromatic nitrogens is 2. The molecule has 61 heavy (non-hydrogen) atoms. The Labute approximate surface area is 358 Å². The molecule has 328 valence electrons. The SMILES string of the molecule is CC(C)(C)C(=O)OC[C@H]1O[C@@H](Oc2n[nH]c3cccc(C=Cc4ccc(OCc5ccccc5)cc4)c23)[C@H](OC(=O)C(C)(C)C)[C@@H](OC(=O)C(C)(C)C)[C@@H]1OC(=O)C(C)(C)C. The van der Waals surface area contributed by atoms with E-state index in [2.05, 4.69) is 10.2 Å². The molecule has 13 nitrogen and oxygen atoms in total. The Morgan fingerprint density at radius 3 is 1.77 bits per heavy atom. The van der Waals surface area contributed by atoms with Crippen LogP contribution >= 0.6 is 0 Å². The van der Waals surface area contributed by atoms with Crippen molar-refractivity contribution in [1.82, 2.24) is 10.2 Å². The zero-order valence-corrected chi connectivity index (χ0v) is 37.3. The molecule has 5 rings (SSSR count). The number of hydrogen-bond donors (Lipinski definition) is 1. The van der Waals surface area contributed by atoms with Crippen molar-refractivity contribution in [3.63, 3.8) is 0 Å². The van der Waals surface area contributed by atoms with E-state index in [-0.39, 0.29) is 5.88 Å². The van der Waals surface area contributed by atoms with E-state index in [9.17, 15) is 19.2 Å². The monoisotopic (exact) mass is 840 g/mol. The van der Waals surface area contributed by atoms with Crippen molar-refractivity contribution in [2.45, 2.75) is 120 Å². The normalized spacial score (nSPS) is 19.9. The summed E-state index contributed by atoms with van der Waals surface area (Å²) >= 11 is 0. The van der Waals surface area contributed by atoms with Crippen LogP contribution in [0, 0.1) is 21.7 Å². The summed E-state index contributed by atoms with van der Waals surface area (Å²) in [5.74, 6) is -1.74. The van der Waals surface area contributed by atoms with Gasteiger partial charge in [0.25, 0.3) is 0 Å². The van der Waals surface area contributed by atoms with Gasteiger partial charge in [0, 0.05) is 0 Å². The number of nitrogens with one attached hydrogen (secondary N) is 1. The Morgan fingerprint density at radius 1 is 0.639 bits per heavy atom. The van der Waals surface area contributed by atoms with Crippen molar-refractivity contribution in [3.05, 3.63) is 89.5 Å². The predicted octanol–water partition coefficient (Wildman–Crippen LogP) is 8.88. The molecule has 1 fully saturated rings. The van der Waals surface area contributed by atoms with Gasteiger partial charge in [0.2, 0.25) is 18.3 Å². The second-order valence-corrected chi connectivity index (χ2v) is 19.3. The molecule has 5 atom stereocenters. The number of hydrogen-bond acceptors (Lipinski definition) is 12. The van der Waals surface area contributed by atoms with Gasteiger partial charge in [-0.1, -0.05) is 66.7 Å². The standard InChI is InChI=1S/C48H60N2O11/c1-45(2,3)41(51)56-28-34-36(58-42(52)46(4,5)6)37(59-43(53)47(7,8)9)38(60-44(54)48(10,11)12)40(57-34)61-39-35-31(19-16-20-33(35)49-50-39)24-21-29-22-25-32(26-23-29)55-27-30-17-14-13-15-18-30/h13-26,34,36-38,40H,27-28H2,1-12H3,(H,49,50)/t34-,36-,37+,38-,40+/m1/s1. The highest BCUT2D eigenvalue weighted by molar-refractivity contribution is 5.94. The van der Waals surface area contributed by atoms with E-state index >= 15 is 0 Å². The molecule has 0 bridgehead atoms. The maximum absolute atomic E-state index is 13.7. The van der Waals surface area contributed by atoms with Crippen molar-refractivity contribution in [3.8, 4) is 11.6 Å². The van der Waals surface area contributed by atoms with Crippen LogP contribution in [0.2, 0.25) is 0 Å². The molecule has 1 saturated heterocycles. The third-order valence-corrected chi connectivity index (χ3v) is 9.55. The van der Waals surface area contributed by atoms with Gasteiger partial charge in [0.15, 0.2) is 12.2 Å². The third-order valence-electron chi connectivity index (χ3n) is 9.55. The molecule has 0 spiro atoms. The fourth-order valence-electron chi connectivity index (χ4n) is 5.79. The number of rotatable bonds is 12. The predicted molar refractivity (Wildman–Crippen MR) is 230 cm³/mol. The number of H-pyrrole nitrogens is 1. The fourth-order valence-corrected chi connectivity index (χ4v) is 5.79. The van der Waals surface area contributed by atoms with Gasteiger partial charge in [-0.3, -0.25) is 24.3 Å². The average molecular weight is 841 g/mol. The molecule has 1 aromatic heterocycles. The van der Waals surface area contributed by atoms with Crippen LogP contribution in [0.5, 0.6) is 11.6 Å². The van der Waals surface area contributed by atoms with Crippen molar-refractivity contribution in [2.24, 2.45) is 21.7 Å². The quantitative estimate of drug-likeness (QED) is 0.0821. The minimum atomic E-state index is -1.51. The minimum Gasteiger partial charge on any atom is -0.489 e. The Bertz CT molecular complexity index is 2180. The molecule has 0 aliphatic carbocycles. The Balaban J connectivity index is 1.54. The molecule has 0 amide bonds. The van der Waals surface area contributed by atoms with Crippen molar-refractivity contribution < 1.29 is 52.3 Å². The molecule has 0 radical (unpaired) electrons. The van der Waals surface area contributed by atoms with Crippen LogP contribution in [0.25, 0.3) is 23.1 Å². The lowest BCUT2D eigenvalue weighted by Crippen LogP contribution is -2.65. The minimum absolute atomic E-state index is 0.0817. The molecule has 1 N–H and O–H groups in total. The first kappa shape index (κ1) is 46.4. The summed E-state index contributed by atoms with van der Waals surface area (Å²) in [6.07, 6.45) is -3.31. The molecular formula is C48H60N2O11. The lowest BCUT2D eigenvalue weighted by molar-refractivity contribution is -0.294. The molecular weight excluding hydrogens is 781 g/mol. The summed E-state index contributed by atoms with van der Waals surface area (Å²) in [5, 5.41) is 8.06. The number of carbonyl (C=O) groups excluding carboxylic acids is 4. The van der Waals surface area contributed by atoms with E-state index in [0.29, 0.717) is 17.5 Å². The molecule has 13 heteroatoms. The molecule has 2 heterocycles. The summed E-state index contributed by atoms with van der Waals surface area (Å²) in [4.78, 5) is 54.1. The van der Waals surface area contributed by atoms with Crippen LogP contribution in [-0.2, 0) is 49.5 Å². The maximum Gasteiger partial charge on any atom is 0.311 e. The van der Waals surface area contributed by atoms with Crippen LogP contribution in [0.3, 0.4) is 0 Å².